The number of hydrogen-bond acceptors (Lipinski definition) is 10. The Balaban J connectivity index is 0.000000420. The highest BCUT2D eigenvalue weighted by atomic mass is 32.1. The maximum atomic E-state index is 10.2. The third kappa shape index (κ3) is 11.4. The molecule has 0 amide bonds. The van der Waals surface area contributed by atoms with Crippen LogP contribution in [0.5, 0.6) is 11.5 Å². The van der Waals surface area contributed by atoms with Crippen molar-refractivity contribution in [1.82, 2.24) is 9.80 Å². The SMILES string of the molecule is CNc1cc(Cc2c(-c3ccc(OCCN4CCCC4)cc3)sc3cc(O)ccc23)ccc1CN1CCCC1.O=C(O)C(=O)O.O=C(O)C(=O)O. The van der Waals surface area contributed by atoms with Gasteiger partial charge in [-0.2, -0.15) is 0 Å². The summed E-state index contributed by atoms with van der Waals surface area (Å²) in [6.45, 7) is 7.53. The minimum atomic E-state index is -1.82. The number of nitrogens with one attached hydrogen (secondary N) is 1. The van der Waals surface area contributed by atoms with Crippen LogP contribution >= 0.6 is 11.3 Å². The van der Waals surface area contributed by atoms with Crippen molar-refractivity contribution in [2.75, 3.05) is 51.7 Å². The number of ether oxygens (including phenoxy) is 1. The molecular weight excluding hydrogens is 678 g/mol. The zero-order valence-electron chi connectivity index (χ0n) is 28.3. The van der Waals surface area contributed by atoms with E-state index in [1.165, 1.54) is 90.1 Å². The summed E-state index contributed by atoms with van der Waals surface area (Å²) in [5, 5.41) is 44.4. The van der Waals surface area contributed by atoms with Gasteiger partial charge in [-0.25, -0.2) is 19.2 Å². The fraction of sp³-hybridized carbons (Fsp3) is 0.351. The molecule has 2 aliphatic heterocycles. The maximum absolute atomic E-state index is 10.2. The number of fused-ring (bicyclic) bond motifs is 1. The van der Waals surface area contributed by atoms with Gasteiger partial charge in [-0.1, -0.05) is 12.1 Å². The minimum Gasteiger partial charge on any atom is -0.508 e. The Kier molecular flexibility index (Phi) is 14.2. The Morgan fingerprint density at radius 1 is 0.765 bits per heavy atom. The topological polar surface area (TPSA) is 197 Å². The predicted octanol–water partition coefficient (Wildman–Crippen LogP) is 5.29. The van der Waals surface area contributed by atoms with E-state index in [0.717, 1.165) is 36.6 Å². The predicted molar refractivity (Wildman–Crippen MR) is 194 cm³/mol. The summed E-state index contributed by atoms with van der Waals surface area (Å²) in [7, 11) is 2.02. The first-order valence-corrected chi connectivity index (χ1v) is 17.4. The van der Waals surface area contributed by atoms with Crippen LogP contribution in [0, 0.1) is 0 Å². The van der Waals surface area contributed by atoms with Crippen LogP contribution < -0.4 is 10.1 Å². The molecule has 0 radical (unpaired) electrons. The van der Waals surface area contributed by atoms with E-state index in [4.69, 9.17) is 44.3 Å². The standard InChI is InChI=1S/C33H39N3O2S.2C2H2O4/c1-34-31-21-24(6-7-26(31)23-36-16-4-5-17-36)20-30-29-13-10-27(37)22-32(29)39-33(30)25-8-11-28(12-9-25)38-19-18-35-14-2-3-15-35;2*3-1(4)2(5)6/h6-13,21-22,34,37H,2-5,14-20,23H2,1H3;2*(H,3,4)(H,5,6). The van der Waals surface area contributed by atoms with Crippen molar-refractivity contribution >= 4 is 51.0 Å². The highest BCUT2D eigenvalue weighted by Gasteiger charge is 2.18. The van der Waals surface area contributed by atoms with Crippen LogP contribution in [0.4, 0.5) is 5.69 Å². The summed E-state index contributed by atoms with van der Waals surface area (Å²) in [4.78, 5) is 42.7. The second-order valence-electron chi connectivity index (χ2n) is 12.1. The van der Waals surface area contributed by atoms with Crippen LogP contribution in [0.1, 0.15) is 42.4 Å². The van der Waals surface area contributed by atoms with Gasteiger partial charge in [0.15, 0.2) is 0 Å². The number of anilines is 1. The third-order valence-corrected chi connectivity index (χ3v) is 9.79. The lowest BCUT2D eigenvalue weighted by atomic mass is 9.97. The van der Waals surface area contributed by atoms with Gasteiger partial charge in [0.1, 0.15) is 18.1 Å². The molecule has 13 nitrogen and oxygen atoms in total. The molecule has 2 aliphatic rings. The molecule has 2 saturated heterocycles. The molecule has 3 aromatic carbocycles. The average molecular weight is 722 g/mol. The monoisotopic (exact) mass is 721 g/mol. The number of aromatic hydroxyl groups is 1. The molecular formula is C37H43N3O10S. The van der Waals surface area contributed by atoms with E-state index in [9.17, 15) is 5.11 Å². The summed E-state index contributed by atoms with van der Waals surface area (Å²) < 4.78 is 7.18. The van der Waals surface area contributed by atoms with E-state index < -0.39 is 23.9 Å². The first-order chi connectivity index (χ1) is 24.4. The fourth-order valence-corrected chi connectivity index (χ4v) is 7.30. The highest BCUT2D eigenvalue weighted by Crippen LogP contribution is 2.42. The van der Waals surface area contributed by atoms with Crippen molar-refractivity contribution < 1.29 is 49.4 Å². The summed E-state index contributed by atoms with van der Waals surface area (Å²) in [6.07, 6.45) is 6.07. The number of hydrogen-bond donors (Lipinski definition) is 6. The van der Waals surface area contributed by atoms with Gasteiger partial charge in [0.05, 0.1) is 0 Å². The Morgan fingerprint density at radius 2 is 1.35 bits per heavy atom. The van der Waals surface area contributed by atoms with E-state index >= 15 is 0 Å². The number of thiophene rings is 1. The van der Waals surface area contributed by atoms with Crippen LogP contribution in [0.2, 0.25) is 0 Å². The number of carboxylic acids is 4. The van der Waals surface area contributed by atoms with Crippen LogP contribution in [0.15, 0.2) is 60.7 Å². The van der Waals surface area contributed by atoms with Gasteiger partial charge < -0.3 is 35.6 Å². The van der Waals surface area contributed by atoms with Gasteiger partial charge >= 0.3 is 23.9 Å². The third-order valence-electron chi connectivity index (χ3n) is 8.55. The number of nitrogens with zero attached hydrogens (tertiary/aromatic N) is 2. The second-order valence-corrected chi connectivity index (χ2v) is 13.2. The lowest BCUT2D eigenvalue weighted by Crippen LogP contribution is -2.25. The van der Waals surface area contributed by atoms with E-state index in [-0.39, 0.29) is 0 Å². The Labute approximate surface area is 299 Å². The first kappa shape index (κ1) is 38.6. The lowest BCUT2D eigenvalue weighted by molar-refractivity contribution is -0.159. The summed E-state index contributed by atoms with van der Waals surface area (Å²) in [5.74, 6) is -6.06. The molecule has 0 bridgehead atoms. The minimum absolute atomic E-state index is 0.312. The molecule has 14 heteroatoms. The number of aliphatic carboxylic acids is 4. The molecule has 0 spiro atoms. The first-order valence-electron chi connectivity index (χ1n) is 16.6. The zero-order valence-corrected chi connectivity index (χ0v) is 29.2. The molecule has 4 aromatic rings. The molecule has 3 heterocycles. The molecule has 6 N–H and O–H groups in total. The molecule has 0 unspecified atom stereocenters. The van der Waals surface area contributed by atoms with E-state index in [1.54, 1.807) is 17.4 Å². The average Bonchev–Trinajstić information content (AvgIpc) is 3.89. The molecule has 2 fully saturated rings. The van der Waals surface area contributed by atoms with Crippen LogP contribution in [-0.4, -0.2) is 106 Å². The number of benzene rings is 3. The van der Waals surface area contributed by atoms with Crippen molar-refractivity contribution in [3.63, 3.8) is 0 Å². The Bertz CT molecular complexity index is 1770. The number of carbonyl (C=O) groups is 4. The van der Waals surface area contributed by atoms with Crippen LogP contribution in [-0.2, 0) is 32.1 Å². The maximum Gasteiger partial charge on any atom is 0.414 e. The van der Waals surface area contributed by atoms with Crippen molar-refractivity contribution in [2.45, 2.75) is 38.6 Å². The molecule has 6 rings (SSSR count). The van der Waals surface area contributed by atoms with E-state index in [0.29, 0.717) is 5.75 Å². The normalized spacial score (nSPS) is 14.2. The number of likely N-dealkylation sites (tertiary alicyclic amines) is 2. The van der Waals surface area contributed by atoms with Crippen LogP contribution in [0.25, 0.3) is 20.5 Å². The number of rotatable bonds is 10. The molecule has 0 atom stereocenters. The largest absolute Gasteiger partial charge is 0.508 e. The lowest BCUT2D eigenvalue weighted by Gasteiger charge is -2.18. The van der Waals surface area contributed by atoms with Gasteiger partial charge in [-0.15, -0.1) is 11.3 Å². The summed E-state index contributed by atoms with van der Waals surface area (Å²) in [5.41, 5.74) is 6.38. The van der Waals surface area contributed by atoms with Crippen molar-refractivity contribution in [1.29, 1.82) is 0 Å². The molecule has 272 valence electrons. The fourth-order valence-electron chi connectivity index (χ4n) is 6.04. The Hall–Kier alpha value is -5.18. The molecule has 1 aromatic heterocycles. The van der Waals surface area contributed by atoms with Gasteiger partial charge in [0.2, 0.25) is 0 Å². The molecule has 51 heavy (non-hydrogen) atoms. The number of phenols is 1. The van der Waals surface area contributed by atoms with Gasteiger partial charge in [0, 0.05) is 35.4 Å². The summed E-state index contributed by atoms with van der Waals surface area (Å²) in [6, 6.07) is 21.2. The summed E-state index contributed by atoms with van der Waals surface area (Å²) >= 11 is 1.76. The number of phenolic OH excluding ortho intramolecular Hbond substituents is 1. The Morgan fingerprint density at radius 3 is 1.92 bits per heavy atom. The number of carboxylic acid groups (broad SMARTS) is 4. The van der Waals surface area contributed by atoms with Gasteiger partial charge in [0.25, 0.3) is 0 Å². The quantitative estimate of drug-likeness (QED) is 0.116. The van der Waals surface area contributed by atoms with Crippen molar-refractivity contribution in [2.24, 2.45) is 0 Å². The van der Waals surface area contributed by atoms with Crippen molar-refractivity contribution in [3.05, 3.63) is 77.4 Å². The van der Waals surface area contributed by atoms with E-state index in [1.807, 2.05) is 13.1 Å². The van der Waals surface area contributed by atoms with Crippen LogP contribution in [0.3, 0.4) is 0 Å². The van der Waals surface area contributed by atoms with Gasteiger partial charge in [-0.05, 0) is 134 Å². The van der Waals surface area contributed by atoms with E-state index in [2.05, 4.69) is 63.6 Å². The van der Waals surface area contributed by atoms with Gasteiger partial charge in [-0.3, -0.25) is 9.80 Å². The van der Waals surface area contributed by atoms with Crippen molar-refractivity contribution in [3.8, 4) is 21.9 Å². The molecule has 0 aliphatic carbocycles. The molecule has 0 saturated carbocycles. The highest BCUT2D eigenvalue weighted by molar-refractivity contribution is 7.22. The second kappa shape index (κ2) is 18.7. The zero-order chi connectivity index (χ0) is 36.9. The smallest absolute Gasteiger partial charge is 0.414 e.